The normalized spacial score (nSPS) is 29.6. The van der Waals surface area contributed by atoms with Crippen LogP contribution in [0.4, 0.5) is 0 Å². The number of unbranched alkanes of at least 4 members (excludes halogenated alkanes) is 1. The van der Waals surface area contributed by atoms with E-state index in [1.165, 1.54) is 12.8 Å². The molecule has 112 valence electrons. The highest BCUT2D eigenvalue weighted by atomic mass is 32.2. The summed E-state index contributed by atoms with van der Waals surface area (Å²) in [5, 5.41) is 3.41. The van der Waals surface area contributed by atoms with E-state index in [-0.39, 0.29) is 18.0 Å². The third-order valence-electron chi connectivity index (χ3n) is 3.62. The Hall–Kier alpha value is -0.170. The Bertz CT molecular complexity index is 371. The summed E-state index contributed by atoms with van der Waals surface area (Å²) >= 11 is 0. The molecule has 1 N–H and O–H groups in total. The van der Waals surface area contributed by atoms with Crippen molar-refractivity contribution >= 4 is 10.0 Å². The van der Waals surface area contributed by atoms with Crippen molar-refractivity contribution in [3.63, 3.8) is 0 Å². The maximum atomic E-state index is 12.2. The second-order valence-corrected chi connectivity index (χ2v) is 7.91. The van der Waals surface area contributed by atoms with E-state index >= 15 is 0 Å². The lowest BCUT2D eigenvalue weighted by atomic mass is 10.3. The van der Waals surface area contributed by atoms with Crippen molar-refractivity contribution in [2.75, 3.05) is 25.4 Å². The summed E-state index contributed by atoms with van der Waals surface area (Å²) < 4.78 is 31.6. The average molecular weight is 290 g/mol. The molecule has 6 heteroatoms. The molecule has 1 heterocycles. The molecule has 5 nitrogen and oxygen atoms in total. The Morgan fingerprint density at radius 2 is 1.79 bits per heavy atom. The van der Waals surface area contributed by atoms with Crippen LogP contribution in [0.2, 0.25) is 0 Å². The Labute approximate surface area is 116 Å². The van der Waals surface area contributed by atoms with Gasteiger partial charge in [-0.3, -0.25) is 0 Å². The molecule has 0 bridgehead atoms. The lowest BCUT2D eigenvalue weighted by Gasteiger charge is -2.34. The van der Waals surface area contributed by atoms with Gasteiger partial charge in [0.15, 0.2) is 0 Å². The van der Waals surface area contributed by atoms with E-state index < -0.39 is 10.0 Å². The molecule has 2 atom stereocenters. The first-order valence-corrected chi connectivity index (χ1v) is 8.95. The highest BCUT2D eigenvalue weighted by molar-refractivity contribution is 7.89. The number of nitrogens with one attached hydrogen (secondary N) is 1. The first kappa shape index (κ1) is 15.2. The van der Waals surface area contributed by atoms with E-state index in [1.54, 1.807) is 4.31 Å². The molecule has 2 fully saturated rings. The van der Waals surface area contributed by atoms with E-state index in [4.69, 9.17) is 4.74 Å². The van der Waals surface area contributed by atoms with Gasteiger partial charge in [0.25, 0.3) is 0 Å². The number of hydrogen-bond acceptors (Lipinski definition) is 4. The van der Waals surface area contributed by atoms with Crippen LogP contribution in [0.3, 0.4) is 0 Å². The van der Waals surface area contributed by atoms with Crippen LogP contribution in [0.15, 0.2) is 0 Å². The van der Waals surface area contributed by atoms with E-state index in [2.05, 4.69) is 5.32 Å². The highest BCUT2D eigenvalue weighted by Crippen LogP contribution is 2.19. The quantitative estimate of drug-likeness (QED) is 0.710. The molecule has 1 saturated heterocycles. The number of sulfonamides is 1. The third kappa shape index (κ3) is 5.02. The second-order valence-electron chi connectivity index (χ2n) is 5.83. The van der Waals surface area contributed by atoms with Gasteiger partial charge in [0.1, 0.15) is 0 Å². The number of hydrogen-bond donors (Lipinski definition) is 1. The van der Waals surface area contributed by atoms with Crippen LogP contribution < -0.4 is 5.32 Å². The fourth-order valence-electron chi connectivity index (χ4n) is 2.49. The van der Waals surface area contributed by atoms with Crippen molar-refractivity contribution < 1.29 is 13.2 Å². The van der Waals surface area contributed by atoms with E-state index in [0.29, 0.717) is 19.1 Å². The third-order valence-corrected chi connectivity index (χ3v) is 5.51. The molecule has 0 spiro atoms. The maximum Gasteiger partial charge on any atom is 0.214 e. The van der Waals surface area contributed by atoms with E-state index in [9.17, 15) is 8.42 Å². The van der Waals surface area contributed by atoms with Crippen molar-refractivity contribution in [2.24, 2.45) is 0 Å². The minimum Gasteiger partial charge on any atom is -0.373 e. The van der Waals surface area contributed by atoms with Gasteiger partial charge < -0.3 is 10.1 Å². The zero-order valence-electron chi connectivity index (χ0n) is 12.0. The number of ether oxygens (including phenoxy) is 1. The molecule has 0 aromatic carbocycles. The minimum atomic E-state index is -3.11. The number of nitrogens with zero attached hydrogens (tertiary/aromatic N) is 1. The van der Waals surface area contributed by atoms with Crippen LogP contribution in [-0.4, -0.2) is 56.4 Å². The van der Waals surface area contributed by atoms with Gasteiger partial charge in [-0.15, -0.1) is 0 Å². The molecule has 0 radical (unpaired) electrons. The molecule has 0 aromatic heterocycles. The SMILES string of the molecule is CC1CN(S(=O)(=O)CCCCNC2CC2)CC(C)O1. The fraction of sp³-hybridized carbons (Fsp3) is 1.00. The lowest BCUT2D eigenvalue weighted by molar-refractivity contribution is -0.0440. The Balaban J connectivity index is 1.70. The van der Waals surface area contributed by atoms with Crippen LogP contribution in [0.25, 0.3) is 0 Å². The van der Waals surface area contributed by atoms with Gasteiger partial charge in [0.05, 0.1) is 18.0 Å². The fourth-order valence-corrected chi connectivity index (χ4v) is 4.19. The van der Waals surface area contributed by atoms with Crippen molar-refractivity contribution in [3.8, 4) is 0 Å². The lowest BCUT2D eigenvalue weighted by Crippen LogP contribution is -2.48. The summed E-state index contributed by atoms with van der Waals surface area (Å²) in [5.41, 5.74) is 0. The number of morpholine rings is 1. The zero-order valence-corrected chi connectivity index (χ0v) is 12.8. The summed E-state index contributed by atoms with van der Waals surface area (Å²) in [7, 11) is -3.11. The van der Waals surface area contributed by atoms with Gasteiger partial charge in [-0.2, -0.15) is 4.31 Å². The monoisotopic (exact) mass is 290 g/mol. The summed E-state index contributed by atoms with van der Waals surface area (Å²) in [5.74, 6) is 0.263. The van der Waals surface area contributed by atoms with Crippen molar-refractivity contribution in [3.05, 3.63) is 0 Å². The molecule has 0 amide bonds. The van der Waals surface area contributed by atoms with Crippen LogP contribution in [0, 0.1) is 0 Å². The van der Waals surface area contributed by atoms with Gasteiger partial charge in [-0.1, -0.05) is 0 Å². The van der Waals surface area contributed by atoms with Crippen molar-refractivity contribution in [1.82, 2.24) is 9.62 Å². The standard InChI is InChI=1S/C13H26N2O3S/c1-11-9-15(10-12(2)18-11)19(16,17)8-4-3-7-14-13-5-6-13/h11-14H,3-10H2,1-2H3. The van der Waals surface area contributed by atoms with Crippen LogP contribution in [-0.2, 0) is 14.8 Å². The Morgan fingerprint density at radius 3 is 2.37 bits per heavy atom. The predicted molar refractivity (Wildman–Crippen MR) is 75.6 cm³/mol. The number of rotatable bonds is 7. The van der Waals surface area contributed by atoms with Crippen LogP contribution in [0.1, 0.15) is 39.5 Å². The first-order valence-electron chi connectivity index (χ1n) is 7.34. The molecule has 2 unspecified atom stereocenters. The minimum absolute atomic E-state index is 0.00458. The highest BCUT2D eigenvalue weighted by Gasteiger charge is 2.30. The van der Waals surface area contributed by atoms with Gasteiger partial charge in [0, 0.05) is 19.1 Å². The Kier molecular flexibility index (Phi) is 5.22. The maximum absolute atomic E-state index is 12.2. The van der Waals surface area contributed by atoms with E-state index in [1.807, 2.05) is 13.8 Å². The summed E-state index contributed by atoms with van der Waals surface area (Å²) in [6.45, 7) is 5.78. The zero-order chi connectivity index (χ0) is 13.9. The molecule has 19 heavy (non-hydrogen) atoms. The molecule has 0 aromatic rings. The van der Waals surface area contributed by atoms with Crippen molar-refractivity contribution in [1.29, 1.82) is 0 Å². The smallest absolute Gasteiger partial charge is 0.214 e. The summed E-state index contributed by atoms with van der Waals surface area (Å²) in [6.07, 6.45) is 4.22. The predicted octanol–water partition coefficient (Wildman–Crippen LogP) is 0.958. The molecule has 2 aliphatic rings. The second kappa shape index (κ2) is 6.52. The van der Waals surface area contributed by atoms with Crippen molar-refractivity contribution in [2.45, 2.75) is 57.8 Å². The average Bonchev–Trinajstić information content (AvgIpc) is 3.11. The van der Waals surface area contributed by atoms with Gasteiger partial charge in [0.2, 0.25) is 10.0 Å². The molecule has 1 aliphatic heterocycles. The molecule has 1 saturated carbocycles. The molecule has 2 rings (SSSR count). The van der Waals surface area contributed by atoms with Gasteiger partial charge >= 0.3 is 0 Å². The Morgan fingerprint density at radius 1 is 1.16 bits per heavy atom. The molecular formula is C13H26N2O3S. The topological polar surface area (TPSA) is 58.6 Å². The van der Waals surface area contributed by atoms with Crippen LogP contribution in [0.5, 0.6) is 0 Å². The van der Waals surface area contributed by atoms with Crippen LogP contribution >= 0.6 is 0 Å². The van der Waals surface area contributed by atoms with E-state index in [0.717, 1.165) is 19.4 Å². The molecular weight excluding hydrogens is 264 g/mol. The van der Waals surface area contributed by atoms with Gasteiger partial charge in [-0.05, 0) is 46.1 Å². The molecule has 1 aliphatic carbocycles. The summed E-state index contributed by atoms with van der Waals surface area (Å²) in [6, 6.07) is 0.706. The summed E-state index contributed by atoms with van der Waals surface area (Å²) in [4.78, 5) is 0. The largest absolute Gasteiger partial charge is 0.373 e. The first-order chi connectivity index (χ1) is 8.97. The van der Waals surface area contributed by atoms with Gasteiger partial charge in [-0.25, -0.2) is 8.42 Å².